The number of nitrogens with one attached hydrogen (secondary N) is 1. The fraction of sp³-hybridized carbons (Fsp3) is 0.600. The van der Waals surface area contributed by atoms with E-state index in [2.05, 4.69) is 18.3 Å². The minimum absolute atomic E-state index is 0.0533. The molecule has 3 heteroatoms. The van der Waals surface area contributed by atoms with Crippen molar-refractivity contribution in [3.8, 4) is 0 Å². The normalized spacial score (nSPS) is 28.1. The molecular formula is C15H23ClN2. The van der Waals surface area contributed by atoms with E-state index in [0.717, 1.165) is 17.1 Å². The van der Waals surface area contributed by atoms with Crippen molar-refractivity contribution in [1.82, 2.24) is 0 Å². The molecule has 1 saturated carbocycles. The van der Waals surface area contributed by atoms with Crippen LogP contribution in [0.25, 0.3) is 0 Å². The Hall–Kier alpha value is -0.730. The van der Waals surface area contributed by atoms with Crippen LogP contribution in [0.4, 0.5) is 5.69 Å². The lowest BCUT2D eigenvalue weighted by Crippen LogP contribution is -2.53. The van der Waals surface area contributed by atoms with Gasteiger partial charge in [-0.15, -0.1) is 0 Å². The van der Waals surface area contributed by atoms with E-state index in [4.69, 9.17) is 17.3 Å². The molecule has 0 bridgehead atoms. The molecule has 1 aromatic rings. The molecule has 1 aromatic carbocycles. The zero-order valence-corrected chi connectivity index (χ0v) is 11.8. The third-order valence-electron chi connectivity index (χ3n) is 4.28. The Labute approximate surface area is 115 Å². The Kier molecular flexibility index (Phi) is 4.52. The fourth-order valence-corrected chi connectivity index (χ4v) is 3.43. The van der Waals surface area contributed by atoms with Gasteiger partial charge in [0.2, 0.25) is 0 Å². The Morgan fingerprint density at radius 3 is 2.94 bits per heavy atom. The summed E-state index contributed by atoms with van der Waals surface area (Å²) in [6.45, 7) is 2.96. The number of rotatable bonds is 4. The molecule has 0 amide bonds. The summed E-state index contributed by atoms with van der Waals surface area (Å²) in [4.78, 5) is 0. The topological polar surface area (TPSA) is 38.0 Å². The second-order valence-electron chi connectivity index (χ2n) is 5.35. The van der Waals surface area contributed by atoms with Crippen LogP contribution in [0.2, 0.25) is 5.02 Å². The Bertz CT molecular complexity index is 394. The molecule has 1 fully saturated rings. The van der Waals surface area contributed by atoms with Crippen LogP contribution >= 0.6 is 11.6 Å². The highest BCUT2D eigenvalue weighted by atomic mass is 35.5. The van der Waals surface area contributed by atoms with Crippen LogP contribution in [0.5, 0.6) is 0 Å². The third-order valence-corrected chi connectivity index (χ3v) is 4.52. The van der Waals surface area contributed by atoms with Gasteiger partial charge in [0, 0.05) is 17.3 Å². The van der Waals surface area contributed by atoms with Crippen LogP contribution in [-0.2, 0) is 0 Å². The molecule has 3 N–H and O–H groups in total. The van der Waals surface area contributed by atoms with E-state index in [1.54, 1.807) is 0 Å². The molecule has 2 unspecified atom stereocenters. The van der Waals surface area contributed by atoms with Crippen molar-refractivity contribution >= 4 is 17.3 Å². The molecule has 0 heterocycles. The van der Waals surface area contributed by atoms with Crippen molar-refractivity contribution in [3.05, 3.63) is 29.3 Å². The molecule has 0 saturated heterocycles. The second-order valence-corrected chi connectivity index (χ2v) is 5.78. The molecule has 1 aliphatic rings. The molecule has 2 rings (SSSR count). The maximum absolute atomic E-state index is 6.09. The summed E-state index contributed by atoms with van der Waals surface area (Å²) >= 11 is 6.05. The Morgan fingerprint density at radius 2 is 2.28 bits per heavy atom. The smallest absolute Gasteiger partial charge is 0.0523 e. The van der Waals surface area contributed by atoms with Gasteiger partial charge in [-0.05, 0) is 37.0 Å². The monoisotopic (exact) mass is 266 g/mol. The van der Waals surface area contributed by atoms with Crippen LogP contribution in [0.1, 0.15) is 39.0 Å². The average molecular weight is 267 g/mol. The third kappa shape index (κ3) is 2.81. The first kappa shape index (κ1) is 13.7. The van der Waals surface area contributed by atoms with E-state index in [1.807, 2.05) is 18.2 Å². The highest BCUT2D eigenvalue weighted by molar-refractivity contribution is 6.30. The number of hydrogen-bond donors (Lipinski definition) is 2. The number of benzene rings is 1. The van der Waals surface area contributed by atoms with E-state index < -0.39 is 0 Å². The molecule has 18 heavy (non-hydrogen) atoms. The van der Waals surface area contributed by atoms with Gasteiger partial charge in [-0.2, -0.15) is 0 Å². The zero-order chi connectivity index (χ0) is 13.0. The zero-order valence-electron chi connectivity index (χ0n) is 11.1. The molecule has 0 spiro atoms. The molecule has 0 aliphatic heterocycles. The van der Waals surface area contributed by atoms with Gasteiger partial charge in [0.1, 0.15) is 0 Å². The maximum atomic E-state index is 6.09. The molecule has 0 aromatic heterocycles. The van der Waals surface area contributed by atoms with E-state index in [0.29, 0.717) is 12.5 Å². The van der Waals surface area contributed by atoms with E-state index >= 15 is 0 Å². The lowest BCUT2D eigenvalue weighted by atomic mass is 9.71. The minimum Gasteiger partial charge on any atom is -0.378 e. The maximum Gasteiger partial charge on any atom is 0.0523 e. The van der Waals surface area contributed by atoms with Crippen LogP contribution in [0.3, 0.4) is 0 Å². The van der Waals surface area contributed by atoms with E-state index in [-0.39, 0.29) is 5.54 Å². The first-order chi connectivity index (χ1) is 8.70. The Morgan fingerprint density at radius 1 is 1.44 bits per heavy atom. The van der Waals surface area contributed by atoms with Crippen molar-refractivity contribution in [2.45, 2.75) is 44.6 Å². The highest BCUT2D eigenvalue weighted by Gasteiger charge is 2.38. The molecule has 2 nitrogen and oxygen atoms in total. The van der Waals surface area contributed by atoms with Crippen LogP contribution in [0.15, 0.2) is 24.3 Å². The van der Waals surface area contributed by atoms with Gasteiger partial charge in [0.15, 0.2) is 0 Å². The summed E-state index contributed by atoms with van der Waals surface area (Å²) in [5, 5.41) is 4.45. The van der Waals surface area contributed by atoms with Crippen molar-refractivity contribution in [1.29, 1.82) is 0 Å². The molecule has 2 atom stereocenters. The number of halogens is 1. The summed E-state index contributed by atoms with van der Waals surface area (Å²) in [7, 11) is 0. The summed E-state index contributed by atoms with van der Waals surface area (Å²) < 4.78 is 0. The minimum atomic E-state index is 0.0533. The van der Waals surface area contributed by atoms with Gasteiger partial charge in [-0.3, -0.25) is 0 Å². The lowest BCUT2D eigenvalue weighted by molar-refractivity contribution is 0.212. The largest absolute Gasteiger partial charge is 0.378 e. The molecular weight excluding hydrogens is 244 g/mol. The average Bonchev–Trinajstić information content (AvgIpc) is 2.39. The first-order valence-electron chi connectivity index (χ1n) is 6.94. The SMILES string of the molecule is CCC1CCCCC1(CN)Nc1cccc(Cl)c1. The van der Waals surface area contributed by atoms with Gasteiger partial charge < -0.3 is 11.1 Å². The van der Waals surface area contributed by atoms with E-state index in [9.17, 15) is 0 Å². The van der Waals surface area contributed by atoms with Gasteiger partial charge in [-0.25, -0.2) is 0 Å². The predicted molar refractivity (Wildman–Crippen MR) is 79.1 cm³/mol. The van der Waals surface area contributed by atoms with Crippen LogP contribution in [0, 0.1) is 5.92 Å². The van der Waals surface area contributed by atoms with Crippen molar-refractivity contribution in [2.75, 3.05) is 11.9 Å². The van der Waals surface area contributed by atoms with Crippen LogP contribution in [-0.4, -0.2) is 12.1 Å². The Balaban J connectivity index is 2.21. The molecule has 100 valence electrons. The van der Waals surface area contributed by atoms with E-state index in [1.165, 1.54) is 25.7 Å². The van der Waals surface area contributed by atoms with Crippen molar-refractivity contribution in [3.63, 3.8) is 0 Å². The summed E-state index contributed by atoms with van der Waals surface area (Å²) in [5.74, 6) is 0.662. The number of anilines is 1. The summed E-state index contributed by atoms with van der Waals surface area (Å²) in [6, 6.07) is 7.95. The summed E-state index contributed by atoms with van der Waals surface area (Å²) in [6.07, 6.45) is 6.22. The van der Waals surface area contributed by atoms with Gasteiger partial charge in [-0.1, -0.05) is 43.9 Å². The predicted octanol–water partition coefficient (Wildman–Crippen LogP) is 4.05. The standard InChI is InChI=1S/C15H23ClN2/c1-2-12-6-3-4-9-15(12,11-17)18-14-8-5-7-13(16)10-14/h5,7-8,10,12,18H,2-4,6,9,11,17H2,1H3. The summed E-state index contributed by atoms with van der Waals surface area (Å²) in [5.41, 5.74) is 7.24. The highest BCUT2D eigenvalue weighted by Crippen LogP contribution is 2.38. The van der Waals surface area contributed by atoms with Gasteiger partial charge >= 0.3 is 0 Å². The first-order valence-corrected chi connectivity index (χ1v) is 7.32. The van der Waals surface area contributed by atoms with Gasteiger partial charge in [0.05, 0.1) is 5.54 Å². The van der Waals surface area contributed by atoms with Gasteiger partial charge in [0.25, 0.3) is 0 Å². The quantitative estimate of drug-likeness (QED) is 0.863. The fourth-order valence-electron chi connectivity index (χ4n) is 3.24. The molecule has 1 aliphatic carbocycles. The second kappa shape index (κ2) is 5.94. The lowest BCUT2D eigenvalue weighted by Gasteiger charge is -2.44. The number of hydrogen-bond acceptors (Lipinski definition) is 2. The molecule has 0 radical (unpaired) electrons. The van der Waals surface area contributed by atoms with Crippen molar-refractivity contribution < 1.29 is 0 Å². The number of nitrogens with two attached hydrogens (primary N) is 1. The van der Waals surface area contributed by atoms with Crippen LogP contribution < -0.4 is 11.1 Å². The van der Waals surface area contributed by atoms with Crippen molar-refractivity contribution in [2.24, 2.45) is 11.7 Å².